The predicted octanol–water partition coefficient (Wildman–Crippen LogP) is 9.34. The van der Waals surface area contributed by atoms with Gasteiger partial charge in [-0.05, 0) is 62.8 Å². The van der Waals surface area contributed by atoms with E-state index in [-0.39, 0.29) is 0 Å². The SMILES string of the molecule is Cc1ccc(C2=C(c3ccccc3)C(c3ccccc3)=C(c3ccc(C(F)(F)F)cc3)[Si]2(C)C)cc1. The van der Waals surface area contributed by atoms with Crippen molar-refractivity contribution < 1.29 is 13.2 Å². The lowest BCUT2D eigenvalue weighted by molar-refractivity contribution is -0.137. The Kier molecular flexibility index (Phi) is 6.09. The van der Waals surface area contributed by atoms with Crippen LogP contribution in [0.4, 0.5) is 13.2 Å². The van der Waals surface area contributed by atoms with Crippen LogP contribution in [0.3, 0.4) is 0 Å². The number of hydrogen-bond donors (Lipinski definition) is 0. The summed E-state index contributed by atoms with van der Waals surface area (Å²) in [5, 5.41) is 2.47. The van der Waals surface area contributed by atoms with E-state index in [1.807, 2.05) is 36.4 Å². The maximum absolute atomic E-state index is 13.4. The zero-order valence-electron chi connectivity index (χ0n) is 20.5. The van der Waals surface area contributed by atoms with Crippen molar-refractivity contribution in [3.8, 4) is 0 Å². The van der Waals surface area contributed by atoms with Crippen LogP contribution in [0.5, 0.6) is 0 Å². The summed E-state index contributed by atoms with van der Waals surface area (Å²) in [6.45, 7) is 6.71. The lowest BCUT2D eigenvalue weighted by Gasteiger charge is -2.27. The molecule has 0 aromatic heterocycles. The van der Waals surface area contributed by atoms with E-state index < -0.39 is 19.8 Å². The molecule has 0 radical (unpaired) electrons. The molecule has 5 rings (SSSR count). The topological polar surface area (TPSA) is 0 Å². The van der Waals surface area contributed by atoms with Crippen molar-refractivity contribution in [2.75, 3.05) is 0 Å². The van der Waals surface area contributed by atoms with Gasteiger partial charge in [0, 0.05) is 0 Å². The van der Waals surface area contributed by atoms with Gasteiger partial charge in [0.05, 0.1) is 5.56 Å². The van der Waals surface area contributed by atoms with Gasteiger partial charge < -0.3 is 0 Å². The third kappa shape index (κ3) is 4.26. The molecule has 36 heavy (non-hydrogen) atoms. The highest BCUT2D eigenvalue weighted by atomic mass is 28.3. The molecule has 0 saturated carbocycles. The Hall–Kier alpha value is -3.63. The van der Waals surface area contributed by atoms with E-state index in [9.17, 15) is 13.2 Å². The first-order valence-corrected chi connectivity index (χ1v) is 15.0. The number of rotatable bonds is 4. The van der Waals surface area contributed by atoms with E-state index in [1.54, 1.807) is 12.1 Å². The second-order valence-corrected chi connectivity index (χ2v) is 14.0. The Morgan fingerprint density at radius 1 is 0.500 bits per heavy atom. The molecule has 0 atom stereocenters. The molecular formula is C32H27F3Si. The summed E-state index contributed by atoms with van der Waals surface area (Å²) >= 11 is 0. The lowest BCUT2D eigenvalue weighted by Crippen LogP contribution is -2.28. The van der Waals surface area contributed by atoms with E-state index >= 15 is 0 Å². The highest BCUT2D eigenvalue weighted by Crippen LogP contribution is 2.55. The predicted molar refractivity (Wildman–Crippen MR) is 147 cm³/mol. The summed E-state index contributed by atoms with van der Waals surface area (Å²) in [5.41, 5.74) is 7.09. The highest BCUT2D eigenvalue weighted by molar-refractivity contribution is 7.13. The number of aryl methyl sites for hydroxylation is 1. The Bertz CT molecular complexity index is 1440. The van der Waals surface area contributed by atoms with Crippen LogP contribution in [0.25, 0.3) is 21.5 Å². The van der Waals surface area contributed by atoms with Crippen molar-refractivity contribution in [2.45, 2.75) is 26.2 Å². The van der Waals surface area contributed by atoms with Crippen LogP contribution < -0.4 is 0 Å². The minimum atomic E-state index is -4.36. The Morgan fingerprint density at radius 3 is 1.28 bits per heavy atom. The fourth-order valence-electron chi connectivity index (χ4n) is 5.34. The maximum atomic E-state index is 13.4. The quantitative estimate of drug-likeness (QED) is 0.247. The molecule has 180 valence electrons. The van der Waals surface area contributed by atoms with Gasteiger partial charge in [-0.2, -0.15) is 13.2 Å². The number of allylic oxidation sites excluding steroid dienone is 2. The molecule has 1 aliphatic rings. The van der Waals surface area contributed by atoms with Crippen molar-refractivity contribution in [1.82, 2.24) is 0 Å². The summed E-state index contributed by atoms with van der Waals surface area (Å²) in [7, 11) is -2.38. The molecule has 1 heterocycles. The first kappa shape index (κ1) is 24.1. The van der Waals surface area contributed by atoms with Gasteiger partial charge in [-0.3, -0.25) is 0 Å². The third-order valence-corrected chi connectivity index (χ3v) is 10.5. The van der Waals surface area contributed by atoms with Gasteiger partial charge in [0.25, 0.3) is 0 Å². The molecule has 0 amide bonds. The van der Waals surface area contributed by atoms with Gasteiger partial charge >= 0.3 is 6.18 Å². The molecule has 4 heteroatoms. The highest BCUT2D eigenvalue weighted by Gasteiger charge is 2.44. The second kappa shape index (κ2) is 9.10. The minimum absolute atomic E-state index is 0.624. The summed E-state index contributed by atoms with van der Waals surface area (Å²) in [5.74, 6) is 0. The molecule has 0 unspecified atom stereocenters. The van der Waals surface area contributed by atoms with E-state index in [2.05, 4.69) is 68.5 Å². The van der Waals surface area contributed by atoms with Gasteiger partial charge in [0.2, 0.25) is 0 Å². The molecule has 0 aliphatic carbocycles. The van der Waals surface area contributed by atoms with E-state index in [1.165, 1.54) is 34.0 Å². The normalized spacial score (nSPS) is 15.5. The minimum Gasteiger partial charge on any atom is -0.166 e. The molecule has 0 saturated heterocycles. The fraction of sp³-hybridized carbons (Fsp3) is 0.125. The average Bonchev–Trinajstić information content (AvgIpc) is 3.12. The molecule has 4 aromatic carbocycles. The van der Waals surface area contributed by atoms with Crippen LogP contribution in [0.2, 0.25) is 13.1 Å². The van der Waals surface area contributed by atoms with E-state index in [0.717, 1.165) is 27.5 Å². The Morgan fingerprint density at radius 2 is 0.889 bits per heavy atom. The summed E-state index contributed by atoms with van der Waals surface area (Å²) in [6.07, 6.45) is -4.36. The average molecular weight is 497 g/mol. The number of halogens is 3. The van der Waals surface area contributed by atoms with Crippen molar-refractivity contribution in [3.63, 3.8) is 0 Å². The molecule has 1 aliphatic heterocycles. The van der Waals surface area contributed by atoms with Gasteiger partial charge in [0.1, 0.15) is 8.07 Å². The molecule has 0 spiro atoms. The molecule has 0 N–H and O–H groups in total. The van der Waals surface area contributed by atoms with Crippen molar-refractivity contribution in [2.24, 2.45) is 0 Å². The molecule has 0 nitrogen and oxygen atoms in total. The summed E-state index contributed by atoms with van der Waals surface area (Å²) < 4.78 is 40.1. The van der Waals surface area contributed by atoms with Crippen LogP contribution in [-0.2, 0) is 6.18 Å². The van der Waals surface area contributed by atoms with Crippen molar-refractivity contribution in [3.05, 3.63) is 143 Å². The Balaban J connectivity index is 1.85. The van der Waals surface area contributed by atoms with Crippen LogP contribution in [0, 0.1) is 6.92 Å². The van der Waals surface area contributed by atoms with Gasteiger partial charge in [-0.15, -0.1) is 0 Å². The van der Waals surface area contributed by atoms with Gasteiger partial charge in [-0.25, -0.2) is 0 Å². The van der Waals surface area contributed by atoms with Crippen LogP contribution >= 0.6 is 0 Å². The van der Waals surface area contributed by atoms with Crippen molar-refractivity contribution in [1.29, 1.82) is 0 Å². The van der Waals surface area contributed by atoms with Crippen molar-refractivity contribution >= 4 is 29.6 Å². The molecule has 4 aromatic rings. The second-order valence-electron chi connectivity index (χ2n) is 9.80. The zero-order valence-corrected chi connectivity index (χ0v) is 21.5. The van der Waals surface area contributed by atoms with Crippen LogP contribution in [-0.4, -0.2) is 8.07 Å². The van der Waals surface area contributed by atoms with Gasteiger partial charge in [0.15, 0.2) is 0 Å². The fourth-order valence-corrected chi connectivity index (χ4v) is 9.16. The van der Waals surface area contributed by atoms with Crippen LogP contribution in [0.1, 0.15) is 33.4 Å². The van der Waals surface area contributed by atoms with Crippen LogP contribution in [0.15, 0.2) is 109 Å². The summed E-state index contributed by atoms with van der Waals surface area (Å²) in [4.78, 5) is 0. The zero-order chi connectivity index (χ0) is 25.5. The van der Waals surface area contributed by atoms with E-state index in [4.69, 9.17) is 0 Å². The molecule has 0 fully saturated rings. The monoisotopic (exact) mass is 496 g/mol. The van der Waals surface area contributed by atoms with Gasteiger partial charge in [-0.1, -0.05) is 116 Å². The first-order chi connectivity index (χ1) is 17.2. The summed E-state index contributed by atoms with van der Waals surface area (Å²) in [6, 6.07) is 34.9. The lowest BCUT2D eigenvalue weighted by atomic mass is 9.89. The largest absolute Gasteiger partial charge is 0.416 e. The Labute approximate surface area is 211 Å². The molecule has 0 bridgehead atoms. The molecular weight excluding hydrogens is 469 g/mol. The first-order valence-electron chi connectivity index (χ1n) is 12.0. The third-order valence-electron chi connectivity index (χ3n) is 6.97. The smallest absolute Gasteiger partial charge is 0.166 e. The standard InChI is InChI=1S/C32H27F3Si/c1-22-14-16-25(17-15-22)30-28(23-10-6-4-7-11-23)29(24-12-8-5-9-13-24)31(36(30,2)3)26-18-20-27(21-19-26)32(33,34)35/h4-21H,1-3H3. The number of hydrogen-bond acceptors (Lipinski definition) is 0. The van der Waals surface area contributed by atoms with E-state index in [0.29, 0.717) is 0 Å². The maximum Gasteiger partial charge on any atom is 0.416 e. The number of alkyl halides is 3. The number of benzene rings is 4.